The molecule has 0 spiro atoms. The minimum absolute atomic E-state index is 0.182. The third-order valence-electron chi connectivity index (χ3n) is 2.35. The average Bonchev–Trinajstić information content (AvgIpc) is 2.31. The van der Waals surface area contributed by atoms with Crippen LogP contribution in [-0.2, 0) is 25.2 Å². The molecule has 5 heteroatoms. The van der Waals surface area contributed by atoms with E-state index in [1.165, 1.54) is 0 Å². The van der Waals surface area contributed by atoms with Crippen LogP contribution in [0, 0.1) is 0 Å². The van der Waals surface area contributed by atoms with E-state index in [2.05, 4.69) is 9.93 Å². The van der Waals surface area contributed by atoms with Crippen LogP contribution in [0.15, 0.2) is 30.3 Å². The van der Waals surface area contributed by atoms with Crippen LogP contribution >= 0.6 is 0 Å². The van der Waals surface area contributed by atoms with Gasteiger partial charge in [0.25, 0.3) is 0 Å². The van der Waals surface area contributed by atoms with Gasteiger partial charge >= 0.3 is 5.97 Å². The van der Waals surface area contributed by atoms with Crippen LogP contribution in [0.3, 0.4) is 0 Å². The number of benzene rings is 1. The summed E-state index contributed by atoms with van der Waals surface area (Å²) in [7, 11) is 0. The maximum atomic E-state index is 11.2. The van der Waals surface area contributed by atoms with Crippen LogP contribution in [0.25, 0.3) is 0 Å². The predicted octanol–water partition coefficient (Wildman–Crippen LogP) is 1.25. The molecule has 0 aliphatic carbocycles. The van der Waals surface area contributed by atoms with Crippen molar-refractivity contribution >= 4 is 5.97 Å². The SMILES string of the molecule is O=C(O)C1(c2ccccc2)CCOOO1. The Labute approximate surface area is 86.0 Å². The summed E-state index contributed by atoms with van der Waals surface area (Å²) in [4.78, 5) is 20.5. The molecule has 1 saturated heterocycles. The van der Waals surface area contributed by atoms with Gasteiger partial charge in [0.15, 0.2) is 0 Å². The van der Waals surface area contributed by atoms with E-state index >= 15 is 0 Å². The molecule has 1 atom stereocenters. The lowest BCUT2D eigenvalue weighted by Crippen LogP contribution is -2.42. The standard InChI is InChI=1S/C10H10O5/c11-9(12)10(6-7-13-15-14-10)8-4-2-1-3-5-8/h1-5H,6-7H2,(H,11,12). The van der Waals surface area contributed by atoms with E-state index in [1.807, 2.05) is 0 Å². The topological polar surface area (TPSA) is 65.0 Å². The summed E-state index contributed by atoms with van der Waals surface area (Å²) in [6.45, 7) is 0.182. The van der Waals surface area contributed by atoms with Crippen molar-refractivity contribution in [3.8, 4) is 0 Å². The first-order chi connectivity index (χ1) is 7.26. The number of hydrogen-bond donors (Lipinski definition) is 1. The van der Waals surface area contributed by atoms with Gasteiger partial charge in [0.2, 0.25) is 5.60 Å². The van der Waals surface area contributed by atoms with Gasteiger partial charge in [0.05, 0.1) is 6.61 Å². The highest BCUT2D eigenvalue weighted by atomic mass is 17.5. The summed E-state index contributed by atoms with van der Waals surface area (Å²) in [5, 5.41) is 13.5. The molecule has 1 unspecified atom stereocenters. The molecule has 0 radical (unpaired) electrons. The Morgan fingerprint density at radius 3 is 2.60 bits per heavy atom. The van der Waals surface area contributed by atoms with E-state index in [9.17, 15) is 9.90 Å². The molecule has 0 amide bonds. The maximum Gasteiger partial charge on any atom is 0.344 e. The molecular weight excluding hydrogens is 200 g/mol. The van der Waals surface area contributed by atoms with Crippen LogP contribution < -0.4 is 0 Å². The van der Waals surface area contributed by atoms with Crippen molar-refractivity contribution in [1.82, 2.24) is 0 Å². The van der Waals surface area contributed by atoms with Crippen LogP contribution in [0.1, 0.15) is 12.0 Å². The van der Waals surface area contributed by atoms with Gasteiger partial charge in [-0.1, -0.05) is 35.4 Å². The number of carboxylic acids is 1. The van der Waals surface area contributed by atoms with Gasteiger partial charge in [-0.3, -0.25) is 0 Å². The lowest BCUT2D eigenvalue weighted by Gasteiger charge is -2.30. The zero-order chi connectivity index (χ0) is 10.7. The van der Waals surface area contributed by atoms with Gasteiger partial charge < -0.3 is 5.11 Å². The molecule has 15 heavy (non-hydrogen) atoms. The zero-order valence-corrected chi connectivity index (χ0v) is 7.88. The van der Waals surface area contributed by atoms with Gasteiger partial charge in [0, 0.05) is 6.42 Å². The van der Waals surface area contributed by atoms with Crippen molar-refractivity contribution < 1.29 is 24.7 Å². The molecule has 80 valence electrons. The summed E-state index contributed by atoms with van der Waals surface area (Å²) in [6, 6.07) is 8.67. The third-order valence-corrected chi connectivity index (χ3v) is 2.35. The zero-order valence-electron chi connectivity index (χ0n) is 7.88. The molecule has 0 bridgehead atoms. The van der Waals surface area contributed by atoms with Crippen molar-refractivity contribution in [3.05, 3.63) is 35.9 Å². The highest BCUT2D eigenvalue weighted by Crippen LogP contribution is 2.33. The second-order valence-corrected chi connectivity index (χ2v) is 3.22. The summed E-state index contributed by atoms with van der Waals surface area (Å²) in [5.41, 5.74) is -0.916. The fraction of sp³-hybridized carbons (Fsp3) is 0.300. The summed E-state index contributed by atoms with van der Waals surface area (Å²) in [6.07, 6.45) is 0.215. The molecule has 2 rings (SSSR count). The second-order valence-electron chi connectivity index (χ2n) is 3.22. The fourth-order valence-electron chi connectivity index (χ4n) is 1.51. The molecule has 1 fully saturated rings. The van der Waals surface area contributed by atoms with Gasteiger partial charge in [0.1, 0.15) is 0 Å². The highest BCUT2D eigenvalue weighted by molar-refractivity contribution is 5.79. The molecule has 1 heterocycles. The first kappa shape index (κ1) is 10.1. The Bertz CT molecular complexity index is 342. The molecule has 1 aromatic carbocycles. The maximum absolute atomic E-state index is 11.2. The quantitative estimate of drug-likeness (QED) is 0.744. The van der Waals surface area contributed by atoms with Crippen molar-refractivity contribution in [2.24, 2.45) is 0 Å². The van der Waals surface area contributed by atoms with E-state index in [1.54, 1.807) is 30.3 Å². The molecule has 1 aromatic rings. The molecule has 0 aromatic heterocycles. The smallest absolute Gasteiger partial charge is 0.344 e. The first-order valence-electron chi connectivity index (χ1n) is 4.52. The van der Waals surface area contributed by atoms with Crippen LogP contribution in [-0.4, -0.2) is 17.7 Å². The minimum atomic E-state index is -1.46. The lowest BCUT2D eigenvalue weighted by atomic mass is 9.91. The van der Waals surface area contributed by atoms with E-state index in [0.717, 1.165) is 0 Å². The summed E-state index contributed by atoms with van der Waals surface area (Å²) < 4.78 is 0. The Balaban J connectivity index is 2.38. The van der Waals surface area contributed by atoms with Crippen molar-refractivity contribution in [2.75, 3.05) is 6.61 Å². The summed E-state index contributed by atoms with van der Waals surface area (Å²) >= 11 is 0. The average molecular weight is 210 g/mol. The fourth-order valence-corrected chi connectivity index (χ4v) is 1.51. The van der Waals surface area contributed by atoms with Gasteiger partial charge in [-0.05, 0) is 5.56 Å². The van der Waals surface area contributed by atoms with Crippen LogP contribution in [0.4, 0.5) is 0 Å². The van der Waals surface area contributed by atoms with Gasteiger partial charge in [-0.25, -0.2) is 9.68 Å². The highest BCUT2D eigenvalue weighted by Gasteiger charge is 2.45. The normalized spacial score (nSPS) is 26.1. The Morgan fingerprint density at radius 1 is 1.33 bits per heavy atom. The number of carbonyl (C=O) groups is 1. The Morgan fingerprint density at radius 2 is 2.07 bits per heavy atom. The molecule has 1 aliphatic heterocycles. The molecular formula is C10H10O5. The van der Waals surface area contributed by atoms with Gasteiger partial charge in [-0.15, -0.1) is 0 Å². The van der Waals surface area contributed by atoms with E-state index in [-0.39, 0.29) is 13.0 Å². The number of hydrogen-bond acceptors (Lipinski definition) is 4. The van der Waals surface area contributed by atoms with E-state index < -0.39 is 11.6 Å². The summed E-state index contributed by atoms with van der Waals surface area (Å²) in [5.74, 6) is -1.09. The lowest BCUT2D eigenvalue weighted by molar-refractivity contribution is -0.566. The monoisotopic (exact) mass is 210 g/mol. The number of aliphatic carboxylic acids is 1. The van der Waals surface area contributed by atoms with Crippen molar-refractivity contribution in [2.45, 2.75) is 12.0 Å². The predicted molar refractivity (Wildman–Crippen MR) is 48.5 cm³/mol. The van der Waals surface area contributed by atoms with Gasteiger partial charge in [-0.2, -0.15) is 4.89 Å². The third kappa shape index (κ3) is 1.72. The Kier molecular flexibility index (Phi) is 2.68. The van der Waals surface area contributed by atoms with E-state index in [0.29, 0.717) is 5.56 Å². The molecule has 5 nitrogen and oxygen atoms in total. The number of carboxylic acid groups (broad SMARTS) is 1. The van der Waals surface area contributed by atoms with Crippen molar-refractivity contribution in [1.29, 1.82) is 0 Å². The molecule has 0 saturated carbocycles. The van der Waals surface area contributed by atoms with E-state index in [4.69, 9.17) is 4.89 Å². The van der Waals surface area contributed by atoms with Crippen LogP contribution in [0.2, 0.25) is 0 Å². The number of rotatable bonds is 2. The minimum Gasteiger partial charge on any atom is -0.479 e. The molecule has 1 N–H and O–H groups in total. The second kappa shape index (κ2) is 3.98. The largest absolute Gasteiger partial charge is 0.479 e. The molecule has 1 aliphatic rings. The first-order valence-corrected chi connectivity index (χ1v) is 4.52. The van der Waals surface area contributed by atoms with Crippen molar-refractivity contribution in [3.63, 3.8) is 0 Å². The van der Waals surface area contributed by atoms with Crippen LogP contribution in [0.5, 0.6) is 0 Å². The Hall–Kier alpha value is -1.43.